The van der Waals surface area contributed by atoms with Gasteiger partial charge in [0.15, 0.2) is 0 Å². The summed E-state index contributed by atoms with van der Waals surface area (Å²) in [7, 11) is 0. The van der Waals surface area contributed by atoms with Gasteiger partial charge in [-0.15, -0.1) is 0 Å². The van der Waals surface area contributed by atoms with Crippen LogP contribution in [0.4, 0.5) is 5.69 Å². The third kappa shape index (κ3) is 5.54. The molecule has 0 aromatic heterocycles. The number of para-hydroxylation sites is 1. The number of amides is 2. The molecule has 30 heavy (non-hydrogen) atoms. The van der Waals surface area contributed by atoms with Gasteiger partial charge in [0.2, 0.25) is 0 Å². The van der Waals surface area contributed by atoms with Crippen LogP contribution in [0.25, 0.3) is 0 Å². The molecule has 0 bridgehead atoms. The Balaban J connectivity index is 1.61. The van der Waals surface area contributed by atoms with Gasteiger partial charge in [0.05, 0.1) is 5.56 Å². The van der Waals surface area contributed by atoms with E-state index in [1.165, 1.54) is 0 Å². The summed E-state index contributed by atoms with van der Waals surface area (Å²) < 4.78 is 0. The largest absolute Gasteiger partial charge is 0.371 e. The van der Waals surface area contributed by atoms with Crippen LogP contribution in [0.1, 0.15) is 54.3 Å². The summed E-state index contributed by atoms with van der Waals surface area (Å²) in [6.07, 6.45) is 1.65. The van der Waals surface area contributed by atoms with Crippen LogP contribution in [0.15, 0.2) is 48.5 Å². The molecule has 1 aliphatic rings. The number of hydrogen-bond donors (Lipinski definition) is 2. The Labute approximate surface area is 183 Å². The van der Waals surface area contributed by atoms with E-state index in [1.54, 1.807) is 24.3 Å². The molecule has 5 nitrogen and oxygen atoms in total. The summed E-state index contributed by atoms with van der Waals surface area (Å²) in [6.45, 7) is 7.78. The summed E-state index contributed by atoms with van der Waals surface area (Å²) >= 11 is 5.99. The van der Waals surface area contributed by atoms with E-state index in [1.807, 2.05) is 31.2 Å². The van der Waals surface area contributed by atoms with E-state index in [4.69, 9.17) is 11.6 Å². The molecule has 3 rings (SSSR count). The van der Waals surface area contributed by atoms with E-state index in [0.29, 0.717) is 22.1 Å². The van der Waals surface area contributed by atoms with Crippen LogP contribution in [-0.2, 0) is 0 Å². The predicted molar refractivity (Wildman–Crippen MR) is 122 cm³/mol. The first-order valence-corrected chi connectivity index (χ1v) is 10.9. The molecule has 1 fully saturated rings. The number of piperidine rings is 1. The maximum absolute atomic E-state index is 12.8. The molecule has 2 aromatic rings. The van der Waals surface area contributed by atoms with Crippen molar-refractivity contribution in [2.24, 2.45) is 5.92 Å². The molecule has 160 valence electrons. The summed E-state index contributed by atoms with van der Waals surface area (Å²) in [6, 6.07) is 14.9. The van der Waals surface area contributed by atoms with Crippen LogP contribution in [0.2, 0.25) is 5.02 Å². The zero-order valence-electron chi connectivity index (χ0n) is 17.8. The van der Waals surface area contributed by atoms with Gasteiger partial charge in [-0.3, -0.25) is 9.59 Å². The van der Waals surface area contributed by atoms with Crippen LogP contribution in [0.5, 0.6) is 0 Å². The molecule has 6 heteroatoms. The van der Waals surface area contributed by atoms with E-state index >= 15 is 0 Å². The highest BCUT2D eigenvalue weighted by Crippen LogP contribution is 2.25. The van der Waals surface area contributed by atoms with Crippen molar-refractivity contribution in [1.82, 2.24) is 10.6 Å². The van der Waals surface area contributed by atoms with Gasteiger partial charge in [-0.1, -0.05) is 43.6 Å². The molecule has 2 N–H and O–H groups in total. The summed E-state index contributed by atoms with van der Waals surface area (Å²) in [5.74, 6) is 0.238. The fourth-order valence-electron chi connectivity index (χ4n) is 3.56. The molecule has 1 atom stereocenters. The van der Waals surface area contributed by atoms with E-state index < -0.39 is 0 Å². The van der Waals surface area contributed by atoms with Gasteiger partial charge in [0, 0.05) is 41.4 Å². The number of hydrogen-bond acceptors (Lipinski definition) is 3. The Bertz CT molecular complexity index is 892. The number of carbonyl (C=O) groups excluding carboxylic acids is 2. The second-order valence-electron chi connectivity index (χ2n) is 8.27. The lowest BCUT2D eigenvalue weighted by Crippen LogP contribution is -2.45. The van der Waals surface area contributed by atoms with Crippen LogP contribution >= 0.6 is 11.6 Å². The van der Waals surface area contributed by atoms with E-state index in [0.717, 1.165) is 31.6 Å². The number of benzene rings is 2. The van der Waals surface area contributed by atoms with Crippen molar-refractivity contribution in [3.8, 4) is 0 Å². The molecular weight excluding hydrogens is 398 g/mol. The van der Waals surface area contributed by atoms with Gasteiger partial charge in [-0.25, -0.2) is 0 Å². The number of carbonyl (C=O) groups is 2. The van der Waals surface area contributed by atoms with E-state index in [2.05, 4.69) is 29.4 Å². The van der Waals surface area contributed by atoms with Crippen molar-refractivity contribution >= 4 is 29.1 Å². The quantitative estimate of drug-likeness (QED) is 0.712. The second kappa shape index (κ2) is 9.98. The number of nitrogens with zero attached hydrogens (tertiary/aromatic N) is 1. The first-order chi connectivity index (χ1) is 14.3. The topological polar surface area (TPSA) is 61.4 Å². The van der Waals surface area contributed by atoms with Crippen LogP contribution < -0.4 is 15.5 Å². The number of rotatable bonds is 6. The van der Waals surface area contributed by atoms with Crippen molar-refractivity contribution in [3.63, 3.8) is 0 Å². The molecule has 1 heterocycles. The molecule has 0 saturated carbocycles. The van der Waals surface area contributed by atoms with Crippen molar-refractivity contribution in [2.45, 2.75) is 45.7 Å². The van der Waals surface area contributed by atoms with E-state index in [-0.39, 0.29) is 23.9 Å². The van der Waals surface area contributed by atoms with Gasteiger partial charge in [0.25, 0.3) is 11.8 Å². The Morgan fingerprint density at radius 3 is 2.37 bits per heavy atom. The molecule has 0 radical (unpaired) electrons. The highest BCUT2D eigenvalue weighted by Gasteiger charge is 2.24. The van der Waals surface area contributed by atoms with Gasteiger partial charge in [-0.05, 0) is 56.0 Å². The van der Waals surface area contributed by atoms with Gasteiger partial charge in [0.1, 0.15) is 0 Å². The molecule has 1 saturated heterocycles. The predicted octanol–water partition coefficient (Wildman–Crippen LogP) is 4.51. The zero-order chi connectivity index (χ0) is 21.7. The molecule has 2 amide bonds. The maximum atomic E-state index is 12.8. The van der Waals surface area contributed by atoms with Gasteiger partial charge < -0.3 is 15.5 Å². The maximum Gasteiger partial charge on any atom is 0.253 e. The average molecular weight is 428 g/mol. The molecule has 0 spiro atoms. The van der Waals surface area contributed by atoms with Gasteiger partial charge in [-0.2, -0.15) is 0 Å². The Morgan fingerprint density at radius 2 is 1.70 bits per heavy atom. The van der Waals surface area contributed by atoms with Crippen molar-refractivity contribution in [1.29, 1.82) is 0 Å². The fraction of sp³-hybridized carbons (Fsp3) is 0.417. The summed E-state index contributed by atoms with van der Waals surface area (Å²) in [5, 5.41) is 6.76. The van der Waals surface area contributed by atoms with Crippen molar-refractivity contribution in [3.05, 3.63) is 64.7 Å². The lowest BCUT2D eigenvalue weighted by Gasteiger charge is -2.35. The normalized spacial score (nSPS) is 15.7. The monoisotopic (exact) mass is 427 g/mol. The SMILES string of the molecule is CC(C)[C@H](C)NC(=O)c1ccccc1N1CCC(NC(=O)c2cccc(Cl)c2)CC1. The van der Waals surface area contributed by atoms with E-state index in [9.17, 15) is 9.59 Å². The Hall–Kier alpha value is -2.53. The molecule has 2 aromatic carbocycles. The van der Waals surface area contributed by atoms with Crippen LogP contribution in [0.3, 0.4) is 0 Å². The summed E-state index contributed by atoms with van der Waals surface area (Å²) in [5.41, 5.74) is 2.23. The van der Waals surface area contributed by atoms with Crippen LogP contribution in [0, 0.1) is 5.92 Å². The lowest BCUT2D eigenvalue weighted by atomic mass is 10.0. The molecule has 0 aliphatic carbocycles. The second-order valence-corrected chi connectivity index (χ2v) is 8.70. The Morgan fingerprint density at radius 1 is 1.00 bits per heavy atom. The fourth-order valence-corrected chi connectivity index (χ4v) is 3.75. The average Bonchev–Trinajstić information content (AvgIpc) is 2.74. The highest BCUT2D eigenvalue weighted by atomic mass is 35.5. The third-order valence-electron chi connectivity index (χ3n) is 5.77. The lowest BCUT2D eigenvalue weighted by molar-refractivity contribution is 0.0925. The first-order valence-electron chi connectivity index (χ1n) is 10.6. The summed E-state index contributed by atoms with van der Waals surface area (Å²) in [4.78, 5) is 27.5. The Kier molecular flexibility index (Phi) is 7.38. The number of anilines is 1. The van der Waals surface area contributed by atoms with Crippen LogP contribution in [-0.4, -0.2) is 37.0 Å². The number of halogens is 1. The zero-order valence-corrected chi connectivity index (χ0v) is 18.6. The first kappa shape index (κ1) is 22.2. The van der Waals surface area contributed by atoms with Gasteiger partial charge >= 0.3 is 0 Å². The third-order valence-corrected chi connectivity index (χ3v) is 6.00. The minimum Gasteiger partial charge on any atom is -0.371 e. The van der Waals surface area contributed by atoms with Crippen molar-refractivity contribution < 1.29 is 9.59 Å². The van der Waals surface area contributed by atoms with Crippen molar-refractivity contribution in [2.75, 3.05) is 18.0 Å². The molecule has 0 unspecified atom stereocenters. The number of nitrogens with one attached hydrogen (secondary N) is 2. The minimum absolute atomic E-state index is 0.0387. The highest BCUT2D eigenvalue weighted by molar-refractivity contribution is 6.30. The molecular formula is C24H30ClN3O2. The smallest absolute Gasteiger partial charge is 0.253 e. The minimum atomic E-state index is -0.0987. The standard InChI is InChI=1S/C24H30ClN3O2/c1-16(2)17(3)26-24(30)21-9-4-5-10-22(21)28-13-11-20(12-14-28)27-23(29)18-7-6-8-19(25)15-18/h4-10,15-17,20H,11-14H2,1-3H3,(H,26,30)(H,27,29)/t17-/m0/s1. The molecule has 1 aliphatic heterocycles.